The largest absolute Gasteiger partial charge is 0.384 e. The van der Waals surface area contributed by atoms with E-state index in [9.17, 15) is 0 Å². The van der Waals surface area contributed by atoms with Crippen molar-refractivity contribution < 1.29 is 9.26 Å². The molecule has 0 bridgehead atoms. The van der Waals surface area contributed by atoms with Gasteiger partial charge in [-0.1, -0.05) is 5.16 Å². The molecule has 1 heterocycles. The van der Waals surface area contributed by atoms with Gasteiger partial charge in [0.05, 0.1) is 13.0 Å². The highest BCUT2D eigenvalue weighted by Crippen LogP contribution is 1.95. The van der Waals surface area contributed by atoms with Crippen LogP contribution < -0.4 is 0 Å². The third kappa shape index (κ3) is 1.80. The molecular weight excluding hydrogens is 132 g/mol. The third-order valence-electron chi connectivity index (χ3n) is 1.09. The first kappa shape index (κ1) is 7.21. The van der Waals surface area contributed by atoms with Crippen LogP contribution in [0.3, 0.4) is 0 Å². The first-order chi connectivity index (χ1) is 4.83. The van der Waals surface area contributed by atoms with Gasteiger partial charge in [0.25, 0.3) is 0 Å². The predicted molar refractivity (Wildman–Crippen MR) is 34.6 cm³/mol. The minimum atomic E-state index is 0.627. The number of ether oxygens (including phenoxy) is 1. The number of methoxy groups -OCH3 is 1. The molecule has 1 aromatic rings. The third-order valence-corrected chi connectivity index (χ3v) is 1.09. The van der Waals surface area contributed by atoms with Gasteiger partial charge in [0.2, 0.25) is 5.89 Å². The molecule has 0 aliphatic carbocycles. The van der Waals surface area contributed by atoms with E-state index in [1.807, 2.05) is 0 Å². The molecule has 0 fully saturated rings. The summed E-state index contributed by atoms with van der Waals surface area (Å²) in [4.78, 5) is 3.99. The number of rotatable bonds is 3. The topological polar surface area (TPSA) is 48.2 Å². The molecule has 1 aromatic heterocycles. The molecule has 0 radical (unpaired) electrons. The van der Waals surface area contributed by atoms with Crippen LogP contribution in [-0.4, -0.2) is 23.9 Å². The smallest absolute Gasteiger partial charge is 0.228 e. The van der Waals surface area contributed by atoms with Crippen molar-refractivity contribution in [2.24, 2.45) is 0 Å². The van der Waals surface area contributed by atoms with E-state index >= 15 is 0 Å². The van der Waals surface area contributed by atoms with Gasteiger partial charge < -0.3 is 9.26 Å². The van der Waals surface area contributed by atoms with Gasteiger partial charge in [0.15, 0.2) is 5.82 Å². The summed E-state index contributed by atoms with van der Waals surface area (Å²) in [5, 5.41) is 3.63. The normalized spacial score (nSPS) is 10.2. The SMILES string of the molecule is COCCc1nc(C)no1. The van der Waals surface area contributed by atoms with Crippen molar-refractivity contribution >= 4 is 0 Å². The lowest BCUT2D eigenvalue weighted by Crippen LogP contribution is -1.93. The molecular formula is C6H10N2O2. The van der Waals surface area contributed by atoms with Gasteiger partial charge in [-0.05, 0) is 6.92 Å². The van der Waals surface area contributed by atoms with Gasteiger partial charge >= 0.3 is 0 Å². The molecule has 10 heavy (non-hydrogen) atoms. The van der Waals surface area contributed by atoms with Gasteiger partial charge in [0.1, 0.15) is 0 Å². The zero-order chi connectivity index (χ0) is 7.40. The monoisotopic (exact) mass is 142 g/mol. The Morgan fingerprint density at radius 2 is 2.40 bits per heavy atom. The zero-order valence-corrected chi connectivity index (χ0v) is 6.13. The lowest BCUT2D eigenvalue weighted by atomic mass is 10.4. The fourth-order valence-corrected chi connectivity index (χ4v) is 0.631. The van der Waals surface area contributed by atoms with E-state index in [1.165, 1.54) is 0 Å². The molecule has 0 aliphatic rings. The maximum absolute atomic E-state index is 4.83. The van der Waals surface area contributed by atoms with Crippen LogP contribution in [0.4, 0.5) is 0 Å². The standard InChI is InChI=1S/C6H10N2O2/c1-5-7-6(10-8-5)3-4-9-2/h3-4H2,1-2H3. The van der Waals surface area contributed by atoms with Gasteiger partial charge in [-0.15, -0.1) is 0 Å². The predicted octanol–water partition coefficient (Wildman–Crippen LogP) is 0.567. The first-order valence-electron chi connectivity index (χ1n) is 3.11. The maximum Gasteiger partial charge on any atom is 0.228 e. The van der Waals surface area contributed by atoms with Crippen molar-refractivity contribution in [3.63, 3.8) is 0 Å². The van der Waals surface area contributed by atoms with Gasteiger partial charge in [-0.3, -0.25) is 0 Å². The molecule has 0 amide bonds. The molecule has 0 saturated carbocycles. The van der Waals surface area contributed by atoms with Gasteiger partial charge in [-0.2, -0.15) is 4.98 Å². The molecule has 0 atom stereocenters. The Morgan fingerprint density at radius 3 is 2.90 bits per heavy atom. The molecule has 0 aliphatic heterocycles. The minimum absolute atomic E-state index is 0.627. The Kier molecular flexibility index (Phi) is 2.39. The summed E-state index contributed by atoms with van der Waals surface area (Å²) < 4.78 is 9.65. The first-order valence-corrected chi connectivity index (χ1v) is 3.11. The molecule has 56 valence electrons. The molecule has 0 spiro atoms. The lowest BCUT2D eigenvalue weighted by molar-refractivity contribution is 0.192. The van der Waals surface area contributed by atoms with Gasteiger partial charge in [-0.25, -0.2) is 0 Å². The number of aromatic nitrogens is 2. The number of aryl methyl sites for hydroxylation is 1. The summed E-state index contributed by atoms with van der Waals surface area (Å²) in [6, 6.07) is 0. The summed E-state index contributed by atoms with van der Waals surface area (Å²) in [5.74, 6) is 1.31. The summed E-state index contributed by atoms with van der Waals surface area (Å²) in [7, 11) is 1.64. The molecule has 0 aromatic carbocycles. The summed E-state index contributed by atoms with van der Waals surface area (Å²) in [6.07, 6.45) is 0.692. The maximum atomic E-state index is 4.83. The van der Waals surface area contributed by atoms with Crippen molar-refractivity contribution in [1.82, 2.24) is 10.1 Å². The highest BCUT2D eigenvalue weighted by molar-refractivity contribution is 4.82. The molecule has 0 saturated heterocycles. The van der Waals surface area contributed by atoms with Crippen molar-refractivity contribution in [2.75, 3.05) is 13.7 Å². The minimum Gasteiger partial charge on any atom is -0.384 e. The summed E-state index contributed by atoms with van der Waals surface area (Å²) >= 11 is 0. The van der Waals surface area contributed by atoms with Crippen LogP contribution in [0.2, 0.25) is 0 Å². The van der Waals surface area contributed by atoms with Crippen LogP contribution in [0.25, 0.3) is 0 Å². The van der Waals surface area contributed by atoms with E-state index < -0.39 is 0 Å². The van der Waals surface area contributed by atoms with Crippen LogP contribution in [-0.2, 0) is 11.2 Å². The highest BCUT2D eigenvalue weighted by Gasteiger charge is 1.99. The summed E-state index contributed by atoms with van der Waals surface area (Å²) in [6.45, 7) is 2.42. The van der Waals surface area contributed by atoms with Crippen LogP contribution >= 0.6 is 0 Å². The van der Waals surface area contributed by atoms with E-state index in [0.29, 0.717) is 24.7 Å². The highest BCUT2D eigenvalue weighted by atomic mass is 16.5. The molecule has 4 nitrogen and oxygen atoms in total. The molecule has 0 unspecified atom stereocenters. The number of nitrogens with zero attached hydrogens (tertiary/aromatic N) is 2. The summed E-state index contributed by atoms with van der Waals surface area (Å²) in [5.41, 5.74) is 0. The van der Waals surface area contributed by atoms with Crippen molar-refractivity contribution in [2.45, 2.75) is 13.3 Å². The van der Waals surface area contributed by atoms with Crippen molar-refractivity contribution in [3.8, 4) is 0 Å². The fraction of sp³-hybridized carbons (Fsp3) is 0.667. The quantitative estimate of drug-likeness (QED) is 0.619. The van der Waals surface area contributed by atoms with Crippen LogP contribution in [0.15, 0.2) is 4.52 Å². The molecule has 1 rings (SSSR count). The van der Waals surface area contributed by atoms with Crippen LogP contribution in [0.5, 0.6) is 0 Å². The second-order valence-electron chi connectivity index (χ2n) is 1.98. The Hall–Kier alpha value is -0.900. The van der Waals surface area contributed by atoms with E-state index in [4.69, 9.17) is 9.26 Å². The second kappa shape index (κ2) is 3.31. The lowest BCUT2D eigenvalue weighted by Gasteiger charge is -1.89. The fourth-order valence-electron chi connectivity index (χ4n) is 0.631. The Balaban J connectivity index is 2.42. The van der Waals surface area contributed by atoms with Crippen molar-refractivity contribution in [3.05, 3.63) is 11.7 Å². The van der Waals surface area contributed by atoms with E-state index in [1.54, 1.807) is 14.0 Å². The molecule has 0 N–H and O–H groups in total. The van der Waals surface area contributed by atoms with Gasteiger partial charge in [0, 0.05) is 7.11 Å². The number of hydrogen-bond acceptors (Lipinski definition) is 4. The number of hydrogen-bond donors (Lipinski definition) is 0. The zero-order valence-electron chi connectivity index (χ0n) is 6.13. The van der Waals surface area contributed by atoms with Crippen LogP contribution in [0.1, 0.15) is 11.7 Å². The average Bonchev–Trinajstić information content (AvgIpc) is 2.31. The van der Waals surface area contributed by atoms with E-state index in [-0.39, 0.29) is 0 Å². The van der Waals surface area contributed by atoms with E-state index in [0.717, 1.165) is 0 Å². The second-order valence-corrected chi connectivity index (χ2v) is 1.98. The Bertz CT molecular complexity index is 197. The average molecular weight is 142 g/mol. The van der Waals surface area contributed by atoms with Crippen LogP contribution in [0, 0.1) is 6.92 Å². The Labute approximate surface area is 59.2 Å². The molecule has 4 heteroatoms. The Morgan fingerprint density at radius 1 is 1.60 bits per heavy atom. The van der Waals surface area contributed by atoms with Crippen molar-refractivity contribution in [1.29, 1.82) is 0 Å². The van der Waals surface area contributed by atoms with E-state index in [2.05, 4.69) is 10.1 Å².